The maximum absolute atomic E-state index is 5.65. The lowest BCUT2D eigenvalue weighted by molar-refractivity contribution is 1.20. The number of rotatable bonds is 1. The second-order valence-electron chi connectivity index (χ2n) is 2.53. The van der Waals surface area contributed by atoms with Gasteiger partial charge in [0.25, 0.3) is 0 Å². The number of nitrogens with zero attached hydrogens (tertiary/aromatic N) is 3. The van der Waals surface area contributed by atoms with Crippen molar-refractivity contribution in [3.63, 3.8) is 0 Å². The fraction of sp³-hybridized carbons (Fsp3) is 0. The van der Waals surface area contributed by atoms with Crippen LogP contribution in [0.4, 0.5) is 5.82 Å². The molecule has 4 nitrogen and oxygen atoms in total. The lowest BCUT2D eigenvalue weighted by atomic mass is 10.2. The smallest absolute Gasteiger partial charge is 0.150 e. The molecule has 0 saturated heterocycles. The van der Waals surface area contributed by atoms with E-state index in [4.69, 9.17) is 5.73 Å². The van der Waals surface area contributed by atoms with E-state index in [-0.39, 0.29) is 0 Å². The first-order valence-corrected chi connectivity index (χ1v) is 3.85. The summed E-state index contributed by atoms with van der Waals surface area (Å²) in [6, 6.07) is 3.73. The highest BCUT2D eigenvalue weighted by Gasteiger charge is 2.02. The van der Waals surface area contributed by atoms with Crippen molar-refractivity contribution in [3.8, 4) is 11.3 Å². The summed E-state index contributed by atoms with van der Waals surface area (Å²) in [5, 5.41) is 0. The van der Waals surface area contributed by atoms with Gasteiger partial charge in [-0.15, -0.1) is 0 Å². The predicted molar refractivity (Wildman–Crippen MR) is 49.7 cm³/mol. The molecule has 0 unspecified atom stereocenters. The predicted octanol–water partition coefficient (Wildman–Crippen LogP) is 1.12. The highest BCUT2D eigenvalue weighted by molar-refractivity contribution is 5.68. The van der Waals surface area contributed by atoms with E-state index in [2.05, 4.69) is 15.0 Å². The number of nitrogen functional groups attached to an aromatic ring is 1. The van der Waals surface area contributed by atoms with Gasteiger partial charge < -0.3 is 5.73 Å². The normalized spacial score (nSPS) is 9.85. The molecule has 64 valence electrons. The quantitative estimate of drug-likeness (QED) is 0.700. The zero-order valence-electron chi connectivity index (χ0n) is 6.88. The minimum Gasteiger partial charge on any atom is -0.382 e. The molecular weight excluding hydrogens is 164 g/mol. The van der Waals surface area contributed by atoms with Gasteiger partial charge in [0.15, 0.2) is 0 Å². The third kappa shape index (κ3) is 1.46. The topological polar surface area (TPSA) is 64.7 Å². The highest BCUT2D eigenvalue weighted by atomic mass is 14.9. The summed E-state index contributed by atoms with van der Waals surface area (Å²) in [5.74, 6) is 0.426. The van der Waals surface area contributed by atoms with Gasteiger partial charge in [-0.3, -0.25) is 9.97 Å². The van der Waals surface area contributed by atoms with E-state index < -0.39 is 0 Å². The molecule has 0 fully saturated rings. The molecule has 2 rings (SSSR count). The van der Waals surface area contributed by atoms with Crippen molar-refractivity contribution in [3.05, 3.63) is 36.9 Å². The summed E-state index contributed by atoms with van der Waals surface area (Å²) < 4.78 is 0. The average molecular weight is 172 g/mol. The number of hydrogen-bond acceptors (Lipinski definition) is 4. The van der Waals surface area contributed by atoms with Crippen LogP contribution in [0.5, 0.6) is 0 Å². The molecule has 0 bridgehead atoms. The van der Waals surface area contributed by atoms with Gasteiger partial charge in [0.05, 0.1) is 0 Å². The SMILES string of the molecule is Nc1nccnc1-c1cccnc1. The van der Waals surface area contributed by atoms with Crippen molar-refractivity contribution < 1.29 is 0 Å². The Morgan fingerprint density at radius 1 is 1.08 bits per heavy atom. The van der Waals surface area contributed by atoms with Gasteiger partial charge in [-0.05, 0) is 12.1 Å². The molecule has 0 aromatic carbocycles. The Hall–Kier alpha value is -1.97. The van der Waals surface area contributed by atoms with Crippen LogP contribution in [0.25, 0.3) is 11.3 Å². The number of hydrogen-bond donors (Lipinski definition) is 1. The van der Waals surface area contributed by atoms with Gasteiger partial charge in [-0.25, -0.2) is 4.98 Å². The first kappa shape index (κ1) is 7.67. The van der Waals surface area contributed by atoms with Crippen LogP contribution in [0.1, 0.15) is 0 Å². The fourth-order valence-corrected chi connectivity index (χ4v) is 1.07. The standard InChI is InChI=1S/C9H8N4/c10-9-8(12-4-5-13-9)7-2-1-3-11-6-7/h1-6H,(H2,10,13). The molecule has 0 amide bonds. The number of aromatic nitrogens is 3. The van der Waals surface area contributed by atoms with E-state index in [0.717, 1.165) is 5.56 Å². The molecule has 2 heterocycles. The Labute approximate surface area is 75.5 Å². The van der Waals surface area contributed by atoms with E-state index in [1.54, 1.807) is 24.8 Å². The summed E-state index contributed by atoms with van der Waals surface area (Å²) in [6.45, 7) is 0. The van der Waals surface area contributed by atoms with Crippen LogP contribution in [0.2, 0.25) is 0 Å². The number of nitrogens with two attached hydrogens (primary N) is 1. The van der Waals surface area contributed by atoms with Crippen LogP contribution in [-0.4, -0.2) is 15.0 Å². The van der Waals surface area contributed by atoms with Crippen molar-refractivity contribution in [2.45, 2.75) is 0 Å². The van der Waals surface area contributed by atoms with Crippen molar-refractivity contribution >= 4 is 5.82 Å². The number of anilines is 1. The van der Waals surface area contributed by atoms with Crippen molar-refractivity contribution in [2.24, 2.45) is 0 Å². The van der Waals surface area contributed by atoms with Gasteiger partial charge in [-0.2, -0.15) is 0 Å². The Morgan fingerprint density at radius 3 is 2.62 bits per heavy atom. The molecule has 0 atom stereocenters. The van der Waals surface area contributed by atoms with Gasteiger partial charge in [0.1, 0.15) is 11.5 Å². The number of pyridine rings is 1. The van der Waals surface area contributed by atoms with Crippen LogP contribution >= 0.6 is 0 Å². The maximum atomic E-state index is 5.65. The molecule has 0 aliphatic heterocycles. The largest absolute Gasteiger partial charge is 0.382 e. The lowest BCUT2D eigenvalue weighted by Gasteiger charge is -2.01. The van der Waals surface area contributed by atoms with Crippen molar-refractivity contribution in [2.75, 3.05) is 5.73 Å². The van der Waals surface area contributed by atoms with E-state index in [1.165, 1.54) is 0 Å². The van der Waals surface area contributed by atoms with Gasteiger partial charge in [-0.1, -0.05) is 0 Å². The second-order valence-corrected chi connectivity index (χ2v) is 2.53. The highest BCUT2D eigenvalue weighted by Crippen LogP contribution is 2.18. The molecule has 0 saturated carbocycles. The lowest BCUT2D eigenvalue weighted by Crippen LogP contribution is -1.95. The minimum atomic E-state index is 0.426. The fourth-order valence-electron chi connectivity index (χ4n) is 1.07. The van der Waals surface area contributed by atoms with Crippen molar-refractivity contribution in [1.29, 1.82) is 0 Å². The molecule has 0 aliphatic rings. The molecule has 0 aliphatic carbocycles. The van der Waals surface area contributed by atoms with Gasteiger partial charge in [0.2, 0.25) is 0 Å². The third-order valence-corrected chi connectivity index (χ3v) is 1.66. The average Bonchev–Trinajstić information content (AvgIpc) is 2.20. The first-order chi connectivity index (χ1) is 6.38. The van der Waals surface area contributed by atoms with Crippen LogP contribution in [0.15, 0.2) is 36.9 Å². The maximum Gasteiger partial charge on any atom is 0.150 e. The van der Waals surface area contributed by atoms with Gasteiger partial charge in [0, 0.05) is 30.4 Å². The monoisotopic (exact) mass is 172 g/mol. The van der Waals surface area contributed by atoms with E-state index in [0.29, 0.717) is 11.5 Å². The van der Waals surface area contributed by atoms with E-state index >= 15 is 0 Å². The zero-order chi connectivity index (χ0) is 9.10. The molecule has 0 radical (unpaired) electrons. The Balaban J connectivity index is 2.54. The van der Waals surface area contributed by atoms with Gasteiger partial charge >= 0.3 is 0 Å². The Morgan fingerprint density at radius 2 is 1.92 bits per heavy atom. The Kier molecular flexibility index (Phi) is 1.88. The summed E-state index contributed by atoms with van der Waals surface area (Å²) in [5.41, 5.74) is 7.21. The Bertz CT molecular complexity index is 399. The summed E-state index contributed by atoms with van der Waals surface area (Å²) in [4.78, 5) is 12.0. The molecule has 2 aromatic rings. The summed E-state index contributed by atoms with van der Waals surface area (Å²) in [7, 11) is 0. The summed E-state index contributed by atoms with van der Waals surface area (Å²) >= 11 is 0. The minimum absolute atomic E-state index is 0.426. The van der Waals surface area contributed by atoms with Crippen LogP contribution in [-0.2, 0) is 0 Å². The molecule has 4 heteroatoms. The molecular formula is C9H8N4. The second kappa shape index (κ2) is 3.18. The third-order valence-electron chi connectivity index (χ3n) is 1.66. The van der Waals surface area contributed by atoms with Crippen molar-refractivity contribution in [1.82, 2.24) is 15.0 Å². The molecule has 13 heavy (non-hydrogen) atoms. The van der Waals surface area contributed by atoms with E-state index in [9.17, 15) is 0 Å². The summed E-state index contributed by atoms with van der Waals surface area (Å²) in [6.07, 6.45) is 6.59. The molecule has 0 spiro atoms. The van der Waals surface area contributed by atoms with Crippen LogP contribution in [0, 0.1) is 0 Å². The molecule has 2 N–H and O–H groups in total. The zero-order valence-corrected chi connectivity index (χ0v) is 6.88. The molecule has 2 aromatic heterocycles. The van der Waals surface area contributed by atoms with Crippen LogP contribution in [0.3, 0.4) is 0 Å². The first-order valence-electron chi connectivity index (χ1n) is 3.85. The van der Waals surface area contributed by atoms with E-state index in [1.807, 2.05) is 12.1 Å². The van der Waals surface area contributed by atoms with Crippen LogP contribution < -0.4 is 5.73 Å².